The molecule has 0 aromatic carbocycles. The highest BCUT2D eigenvalue weighted by Crippen LogP contribution is 2.28. The summed E-state index contributed by atoms with van der Waals surface area (Å²) >= 11 is 0. The summed E-state index contributed by atoms with van der Waals surface area (Å²) in [7, 11) is 8.49. The van der Waals surface area contributed by atoms with E-state index in [1.54, 1.807) is 21.1 Å². The third-order valence-corrected chi connectivity index (χ3v) is 5.42. The van der Waals surface area contributed by atoms with Crippen molar-refractivity contribution in [2.45, 2.75) is 71.1 Å². The zero-order valence-electron chi connectivity index (χ0n) is 16.3. The van der Waals surface area contributed by atoms with E-state index in [2.05, 4.69) is 19.1 Å². The summed E-state index contributed by atoms with van der Waals surface area (Å²) in [5.41, 5.74) is 0. The van der Waals surface area contributed by atoms with Gasteiger partial charge in [-0.1, -0.05) is 27.2 Å². The molecule has 6 nitrogen and oxygen atoms in total. The van der Waals surface area contributed by atoms with Crippen LogP contribution in [0, 0.1) is 11.8 Å². The van der Waals surface area contributed by atoms with Gasteiger partial charge in [0, 0.05) is 20.8 Å². The molecule has 1 aliphatic heterocycles. The van der Waals surface area contributed by atoms with Gasteiger partial charge in [0.05, 0.1) is 30.6 Å². The summed E-state index contributed by atoms with van der Waals surface area (Å²) in [5, 5.41) is 2.17. The minimum Gasteiger partial charge on any atom is -0.409 e. The van der Waals surface area contributed by atoms with Gasteiger partial charge in [0.1, 0.15) is 0 Å². The topological polar surface area (TPSA) is 67.9 Å². The zero-order chi connectivity index (χ0) is 19.0. The first-order valence-electron chi connectivity index (χ1n) is 9.24. The second-order valence-corrected chi connectivity index (χ2v) is 7.11. The van der Waals surface area contributed by atoms with Crippen molar-refractivity contribution in [1.82, 2.24) is 10.1 Å². The molecular formula is C18H33BN2O4. The van der Waals surface area contributed by atoms with E-state index in [-0.39, 0.29) is 30.1 Å². The fourth-order valence-corrected chi connectivity index (χ4v) is 3.61. The molecule has 0 bridgehead atoms. The number of nitrogens with zero attached hydrogens (tertiary/aromatic N) is 1. The van der Waals surface area contributed by atoms with Gasteiger partial charge in [-0.25, -0.2) is 0 Å². The van der Waals surface area contributed by atoms with Crippen molar-refractivity contribution in [3.05, 3.63) is 0 Å². The van der Waals surface area contributed by atoms with Gasteiger partial charge in [-0.15, -0.1) is 0 Å². The Morgan fingerprint density at radius 3 is 2.48 bits per heavy atom. The molecule has 0 saturated carbocycles. The molecule has 0 aromatic heterocycles. The molecule has 0 aromatic rings. The van der Waals surface area contributed by atoms with Crippen molar-refractivity contribution in [2.75, 3.05) is 20.8 Å². The van der Waals surface area contributed by atoms with Crippen LogP contribution in [0.5, 0.6) is 0 Å². The molecule has 1 N–H and O–H groups in total. The highest BCUT2D eigenvalue weighted by atomic mass is 16.5. The quantitative estimate of drug-likeness (QED) is 0.608. The van der Waals surface area contributed by atoms with Gasteiger partial charge < -0.3 is 19.6 Å². The number of amides is 2. The van der Waals surface area contributed by atoms with Gasteiger partial charge in [-0.2, -0.15) is 0 Å². The van der Waals surface area contributed by atoms with Crippen LogP contribution in [0.25, 0.3) is 0 Å². The molecule has 0 spiro atoms. The maximum Gasteiger partial charge on any atom is 0.226 e. The first kappa shape index (κ1) is 22.0. The maximum atomic E-state index is 12.8. The molecule has 1 aliphatic rings. The monoisotopic (exact) mass is 352 g/mol. The van der Waals surface area contributed by atoms with Crippen molar-refractivity contribution in [3.63, 3.8) is 0 Å². The Bertz CT molecular complexity index is 435. The fraction of sp³-hybridized carbons (Fsp3) is 0.889. The van der Waals surface area contributed by atoms with E-state index in [4.69, 9.17) is 17.5 Å². The maximum absolute atomic E-state index is 12.8. The molecule has 7 heteroatoms. The molecule has 1 fully saturated rings. The van der Waals surface area contributed by atoms with Crippen molar-refractivity contribution in [1.29, 1.82) is 0 Å². The lowest BCUT2D eigenvalue weighted by atomic mass is 9.94. The first-order valence-corrected chi connectivity index (χ1v) is 9.24. The standard InChI is InChI=1S/C18H33BN2O4/c1-6-12(2)10-14(24-4)11-16(22)21-9-7-8-15(21)17(25-5)13(3)18(23)20-19/h12-15,17H,6-11H2,1-5H3,(H,20,23)/t12-,13?,14-,15-,17+/m0/s1. The van der Waals surface area contributed by atoms with Crippen LogP contribution in [0.4, 0.5) is 0 Å². The van der Waals surface area contributed by atoms with Crippen LogP contribution < -0.4 is 5.23 Å². The van der Waals surface area contributed by atoms with Crippen molar-refractivity contribution >= 4 is 19.8 Å². The van der Waals surface area contributed by atoms with Crippen LogP contribution in [-0.4, -0.2) is 63.7 Å². The normalized spacial score (nSPS) is 22.3. The first-order chi connectivity index (χ1) is 11.9. The van der Waals surface area contributed by atoms with Crippen LogP contribution in [0.2, 0.25) is 0 Å². The Balaban J connectivity index is 2.77. The number of hydrogen-bond donors (Lipinski definition) is 1. The van der Waals surface area contributed by atoms with E-state index in [1.165, 1.54) is 0 Å². The predicted octanol–water partition coefficient (Wildman–Crippen LogP) is 1.67. The Kier molecular flexibility index (Phi) is 9.50. The third kappa shape index (κ3) is 5.99. The average Bonchev–Trinajstić information content (AvgIpc) is 3.10. The second kappa shape index (κ2) is 10.8. The number of carbonyl (C=O) groups is 2. The molecule has 142 valence electrons. The minimum atomic E-state index is -0.424. The van der Waals surface area contributed by atoms with E-state index in [0.29, 0.717) is 18.9 Å². The van der Waals surface area contributed by atoms with Gasteiger partial charge in [0.25, 0.3) is 0 Å². The van der Waals surface area contributed by atoms with Crippen LogP contribution in [0.15, 0.2) is 0 Å². The third-order valence-electron chi connectivity index (χ3n) is 5.42. The molecule has 2 amide bonds. The number of hydrogen-bond acceptors (Lipinski definition) is 4. The molecule has 1 heterocycles. The van der Waals surface area contributed by atoms with E-state index in [1.807, 2.05) is 4.90 Å². The Morgan fingerprint density at radius 2 is 1.96 bits per heavy atom. The summed E-state index contributed by atoms with van der Waals surface area (Å²) in [6.45, 7) is 6.78. The smallest absolute Gasteiger partial charge is 0.226 e. The van der Waals surface area contributed by atoms with Crippen LogP contribution >= 0.6 is 0 Å². The van der Waals surface area contributed by atoms with Gasteiger partial charge in [-0.05, 0) is 25.2 Å². The summed E-state index contributed by atoms with van der Waals surface area (Å²) in [6.07, 6.45) is 3.60. The highest BCUT2D eigenvalue weighted by molar-refractivity contribution is 6.14. The second-order valence-electron chi connectivity index (χ2n) is 7.11. The average molecular weight is 352 g/mol. The summed E-state index contributed by atoms with van der Waals surface area (Å²) in [6, 6.07) is -0.106. The van der Waals surface area contributed by atoms with Crippen molar-refractivity contribution < 1.29 is 19.1 Å². The Labute approximate surface area is 153 Å². The molecular weight excluding hydrogens is 319 g/mol. The van der Waals surface area contributed by atoms with Crippen LogP contribution in [-0.2, 0) is 19.1 Å². The van der Waals surface area contributed by atoms with Gasteiger partial charge in [0.2, 0.25) is 19.8 Å². The highest BCUT2D eigenvalue weighted by Gasteiger charge is 2.39. The fourth-order valence-electron chi connectivity index (χ4n) is 3.61. The molecule has 1 unspecified atom stereocenters. The zero-order valence-corrected chi connectivity index (χ0v) is 16.3. The lowest BCUT2D eigenvalue weighted by Crippen LogP contribution is -2.50. The Morgan fingerprint density at radius 1 is 1.28 bits per heavy atom. The summed E-state index contributed by atoms with van der Waals surface area (Å²) in [4.78, 5) is 26.6. The predicted molar refractivity (Wildman–Crippen MR) is 98.1 cm³/mol. The molecule has 1 rings (SSSR count). The number of nitrogens with one attached hydrogen (secondary N) is 1. The largest absolute Gasteiger partial charge is 0.409 e. The number of rotatable bonds is 10. The number of likely N-dealkylation sites (tertiary alicyclic amines) is 1. The van der Waals surface area contributed by atoms with E-state index in [9.17, 15) is 9.59 Å². The van der Waals surface area contributed by atoms with Gasteiger partial charge >= 0.3 is 0 Å². The van der Waals surface area contributed by atoms with E-state index < -0.39 is 5.92 Å². The lowest BCUT2D eigenvalue weighted by Gasteiger charge is -2.34. The van der Waals surface area contributed by atoms with Crippen LogP contribution in [0.3, 0.4) is 0 Å². The Hall–Kier alpha value is -1.08. The molecule has 2 radical (unpaired) electrons. The number of methoxy groups -OCH3 is 2. The molecule has 25 heavy (non-hydrogen) atoms. The number of carbonyl (C=O) groups excluding carboxylic acids is 2. The van der Waals surface area contributed by atoms with Crippen molar-refractivity contribution in [3.8, 4) is 0 Å². The minimum absolute atomic E-state index is 0.0695. The van der Waals surface area contributed by atoms with E-state index >= 15 is 0 Å². The van der Waals surface area contributed by atoms with Gasteiger partial charge in [0.15, 0.2) is 0 Å². The van der Waals surface area contributed by atoms with Crippen LogP contribution in [0.1, 0.15) is 52.9 Å². The lowest BCUT2D eigenvalue weighted by molar-refractivity contribution is -0.141. The molecule has 5 atom stereocenters. The molecule has 0 aliphatic carbocycles. The summed E-state index contributed by atoms with van der Waals surface area (Å²) < 4.78 is 11.1. The van der Waals surface area contributed by atoms with Crippen molar-refractivity contribution in [2.24, 2.45) is 11.8 Å². The van der Waals surface area contributed by atoms with E-state index in [0.717, 1.165) is 25.7 Å². The van der Waals surface area contributed by atoms with Gasteiger partial charge in [-0.3, -0.25) is 9.59 Å². The SMILES string of the molecule is [B]NC(=O)C(C)[C@@H](OC)[C@@H]1CCCN1C(=O)C[C@H](C[C@@H](C)CC)OC. The summed E-state index contributed by atoms with van der Waals surface area (Å²) in [5.74, 6) is -0.114. The molecule has 1 saturated heterocycles. The number of ether oxygens (including phenoxy) is 2.